The molecule has 7 aliphatic carbocycles. The molecular formula is C69H126O10. The minimum Gasteiger partial charge on any atom is -0.460 e. The van der Waals surface area contributed by atoms with Crippen molar-refractivity contribution >= 4 is 29.8 Å². The fraction of sp³-hybridized carbons (Fsp3) is 0.928. The van der Waals surface area contributed by atoms with Crippen molar-refractivity contribution < 1.29 is 47.7 Å². The summed E-state index contributed by atoms with van der Waals surface area (Å²) >= 11 is 0. The first-order chi connectivity index (χ1) is 36.1. The minimum atomic E-state index is -0.372. The van der Waals surface area contributed by atoms with Crippen molar-refractivity contribution in [3.05, 3.63) is 0 Å². The number of esters is 5. The minimum absolute atomic E-state index is 0.00857. The number of hydrogen-bond acceptors (Lipinski definition) is 10. The fourth-order valence-corrected chi connectivity index (χ4v) is 12.2. The molecule has 7 saturated carbocycles. The maximum atomic E-state index is 12.6. The molecule has 0 unspecified atom stereocenters. The van der Waals surface area contributed by atoms with Gasteiger partial charge in [-0.05, 0) is 289 Å². The molecule has 4 bridgehead atoms. The third kappa shape index (κ3) is 20.6. The summed E-state index contributed by atoms with van der Waals surface area (Å²) in [7, 11) is 0. The molecule has 0 amide bonds. The number of carbonyl (C=O) groups excluding carboxylic acids is 5. The van der Waals surface area contributed by atoms with Gasteiger partial charge in [0.1, 0.15) is 28.0 Å². The van der Waals surface area contributed by atoms with Crippen molar-refractivity contribution in [2.24, 2.45) is 56.2 Å². The van der Waals surface area contributed by atoms with Crippen LogP contribution in [0.1, 0.15) is 327 Å². The van der Waals surface area contributed by atoms with Crippen molar-refractivity contribution in [2.75, 3.05) is 0 Å². The summed E-state index contributed by atoms with van der Waals surface area (Å²) in [5.74, 6) is 2.92. The molecule has 10 nitrogen and oxygen atoms in total. The Bertz CT molecular complexity index is 1890. The van der Waals surface area contributed by atoms with Crippen LogP contribution in [0.2, 0.25) is 0 Å². The van der Waals surface area contributed by atoms with E-state index in [0.29, 0.717) is 5.92 Å². The van der Waals surface area contributed by atoms with E-state index in [-0.39, 0.29) is 90.3 Å². The van der Waals surface area contributed by atoms with Gasteiger partial charge in [-0.25, -0.2) is 0 Å². The molecule has 7 rings (SSSR count). The highest BCUT2D eigenvalue weighted by molar-refractivity contribution is 5.78. The summed E-state index contributed by atoms with van der Waals surface area (Å²) in [5.41, 5.74) is -2.66. The fourth-order valence-electron chi connectivity index (χ4n) is 12.2. The van der Waals surface area contributed by atoms with Gasteiger partial charge in [0.25, 0.3) is 0 Å². The highest BCUT2D eigenvalue weighted by Gasteiger charge is 2.59. The molecule has 0 aliphatic heterocycles. The molecule has 7 aliphatic rings. The Kier molecular flexibility index (Phi) is 26.4. The summed E-state index contributed by atoms with van der Waals surface area (Å²) in [4.78, 5) is 60.2. The van der Waals surface area contributed by atoms with E-state index in [9.17, 15) is 24.0 Å². The van der Waals surface area contributed by atoms with Crippen LogP contribution in [-0.2, 0) is 47.7 Å². The van der Waals surface area contributed by atoms with Crippen LogP contribution in [0.5, 0.6) is 0 Å². The molecule has 462 valence electrons. The first kappa shape index (κ1) is 72.5. The molecule has 0 aromatic carbocycles. The lowest BCUT2D eigenvalue weighted by atomic mass is 9.46. The van der Waals surface area contributed by atoms with Gasteiger partial charge in [-0.2, -0.15) is 0 Å². The van der Waals surface area contributed by atoms with Crippen LogP contribution in [0.3, 0.4) is 0 Å². The number of hydrogen-bond donors (Lipinski definition) is 0. The van der Waals surface area contributed by atoms with E-state index in [0.717, 1.165) is 94.8 Å². The quantitative estimate of drug-likeness (QED) is 0.102. The molecule has 0 saturated heterocycles. The zero-order valence-electron chi connectivity index (χ0n) is 56.1. The smallest absolute Gasteiger partial charge is 0.312 e. The first-order valence-electron chi connectivity index (χ1n) is 32.2. The van der Waals surface area contributed by atoms with Gasteiger partial charge in [0.15, 0.2) is 0 Å². The number of ether oxygens (including phenoxy) is 5. The zero-order valence-corrected chi connectivity index (χ0v) is 56.1. The van der Waals surface area contributed by atoms with Gasteiger partial charge in [-0.3, -0.25) is 24.0 Å². The Hall–Kier alpha value is -2.65. The van der Waals surface area contributed by atoms with E-state index in [1.807, 2.05) is 118 Å². The van der Waals surface area contributed by atoms with Crippen LogP contribution in [0, 0.1) is 56.2 Å². The predicted molar refractivity (Wildman–Crippen MR) is 324 cm³/mol. The van der Waals surface area contributed by atoms with Gasteiger partial charge in [0.2, 0.25) is 0 Å². The van der Waals surface area contributed by atoms with Crippen LogP contribution in [-0.4, -0.2) is 57.9 Å². The predicted octanol–water partition coefficient (Wildman–Crippen LogP) is 19.0. The molecule has 7 fully saturated rings. The summed E-state index contributed by atoms with van der Waals surface area (Å²) in [6, 6.07) is 0. The average Bonchev–Trinajstić information content (AvgIpc) is 4.03. The van der Waals surface area contributed by atoms with Crippen molar-refractivity contribution in [1.29, 1.82) is 0 Å². The van der Waals surface area contributed by atoms with Crippen LogP contribution < -0.4 is 0 Å². The van der Waals surface area contributed by atoms with Crippen LogP contribution >= 0.6 is 0 Å². The third-order valence-corrected chi connectivity index (χ3v) is 20.8. The maximum absolute atomic E-state index is 12.6. The highest BCUT2D eigenvalue weighted by Crippen LogP contribution is 2.64. The van der Waals surface area contributed by atoms with Crippen molar-refractivity contribution in [3.63, 3.8) is 0 Å². The van der Waals surface area contributed by atoms with Crippen molar-refractivity contribution in [2.45, 2.75) is 355 Å². The van der Waals surface area contributed by atoms with Gasteiger partial charge in [0, 0.05) is 5.41 Å². The standard InChI is InChI=1S/C19H32O2.2C14H26O2.C12H22O2.C10H20O2/c1-6-17(2,3)16(20)21-18(4,5)19-10-13-7-14(11-19)9-15(8-13)12-19;1-6-13(4,5)12(15)16-14(11(2)3)9-7-8-10-14;1-5-13(3,4)12(15)16-14(6-2)10-8-7-9-11-14;1-5-11(2,3)10(13)14-12(4)8-6-7-9-12;1-7-10(5,6)8(11)12-9(2,3)4/h13-15H,6-12H2,1-5H3;11H,6-10H2,1-5H3;5-11H2,1-4H3;5-9H2,1-4H3;7H2,1-6H3. The Morgan fingerprint density at radius 1 is 0.418 bits per heavy atom. The van der Waals surface area contributed by atoms with Crippen molar-refractivity contribution in [1.82, 2.24) is 0 Å². The molecule has 0 radical (unpaired) electrons. The van der Waals surface area contributed by atoms with E-state index in [4.69, 9.17) is 23.7 Å². The lowest BCUT2D eigenvalue weighted by molar-refractivity contribution is -0.206. The lowest BCUT2D eigenvalue weighted by Crippen LogP contribution is -2.58. The molecular weight excluding hydrogens is 989 g/mol. The molecule has 0 atom stereocenters. The van der Waals surface area contributed by atoms with E-state index >= 15 is 0 Å². The topological polar surface area (TPSA) is 132 Å². The maximum Gasteiger partial charge on any atom is 0.312 e. The SMILES string of the molecule is CCC(C)(C)C(=O)OC(C)(C)C.CCC(C)(C)C(=O)OC(C)(C)C12CC3CC(CC(C3)C1)C2.CCC(C)(C)C(=O)OC1(C(C)C)CCCC1.CCC(C)(C)C(=O)OC1(C)CCCC1.CCC1(OC(=O)C(C)(C)CC)CCCCC1. The van der Waals surface area contributed by atoms with Gasteiger partial charge >= 0.3 is 29.8 Å². The molecule has 0 aromatic rings. The summed E-state index contributed by atoms with van der Waals surface area (Å²) in [6.45, 7) is 48.3. The second kappa shape index (κ2) is 28.8. The van der Waals surface area contributed by atoms with E-state index in [1.54, 1.807) is 0 Å². The van der Waals surface area contributed by atoms with Gasteiger partial charge in [-0.15, -0.1) is 0 Å². The highest BCUT2D eigenvalue weighted by atomic mass is 16.6. The van der Waals surface area contributed by atoms with Crippen LogP contribution in [0.25, 0.3) is 0 Å². The molecule has 10 heteroatoms. The van der Waals surface area contributed by atoms with Gasteiger partial charge < -0.3 is 23.7 Å². The summed E-state index contributed by atoms with van der Waals surface area (Å²) < 4.78 is 28.7. The van der Waals surface area contributed by atoms with E-state index in [2.05, 4.69) is 48.5 Å². The van der Waals surface area contributed by atoms with Crippen LogP contribution in [0.4, 0.5) is 0 Å². The second-order valence-electron chi connectivity index (χ2n) is 31.1. The van der Waals surface area contributed by atoms with E-state index < -0.39 is 0 Å². The Morgan fingerprint density at radius 3 is 1.08 bits per heavy atom. The molecule has 0 N–H and O–H groups in total. The third-order valence-electron chi connectivity index (χ3n) is 20.8. The summed E-state index contributed by atoms with van der Waals surface area (Å²) in [6.07, 6.45) is 27.9. The Morgan fingerprint density at radius 2 is 0.734 bits per heavy atom. The monoisotopic (exact) mass is 1110 g/mol. The first-order valence-corrected chi connectivity index (χ1v) is 32.2. The normalized spacial score (nSPS) is 24.1. The van der Waals surface area contributed by atoms with Crippen LogP contribution in [0.15, 0.2) is 0 Å². The Labute approximate surface area is 486 Å². The zero-order chi connectivity index (χ0) is 60.9. The number of carbonyl (C=O) groups is 5. The molecule has 0 spiro atoms. The molecule has 79 heavy (non-hydrogen) atoms. The van der Waals surface area contributed by atoms with Crippen molar-refractivity contribution in [3.8, 4) is 0 Å². The van der Waals surface area contributed by atoms with Gasteiger partial charge in [0.05, 0.1) is 27.1 Å². The second-order valence-corrected chi connectivity index (χ2v) is 31.1. The number of rotatable bonds is 17. The summed E-state index contributed by atoms with van der Waals surface area (Å²) in [5, 5.41) is 0. The Balaban J connectivity index is 0.000000342. The lowest BCUT2D eigenvalue weighted by Gasteiger charge is -2.61. The molecule has 0 aromatic heterocycles. The average molecular weight is 1120 g/mol. The van der Waals surface area contributed by atoms with Gasteiger partial charge in [-0.1, -0.05) is 61.8 Å². The molecule has 0 heterocycles. The largest absolute Gasteiger partial charge is 0.460 e. The van der Waals surface area contributed by atoms with E-state index in [1.165, 1.54) is 83.5 Å².